The van der Waals surface area contributed by atoms with Crippen molar-refractivity contribution in [2.24, 2.45) is 5.73 Å². The number of halogens is 1. The van der Waals surface area contributed by atoms with Crippen molar-refractivity contribution < 1.29 is 9.53 Å². The third-order valence-electron chi connectivity index (χ3n) is 3.31. The summed E-state index contributed by atoms with van der Waals surface area (Å²) in [5.74, 6) is 0.681. The minimum absolute atomic E-state index is 0.0121. The molecule has 1 aromatic carbocycles. The van der Waals surface area contributed by atoms with E-state index in [9.17, 15) is 4.79 Å². The van der Waals surface area contributed by atoms with Crippen LogP contribution in [0.4, 0.5) is 0 Å². The smallest absolute Gasteiger partial charge is 0.260 e. The lowest BCUT2D eigenvalue weighted by molar-refractivity contribution is -0.132. The lowest BCUT2D eigenvalue weighted by atomic mass is 10.1. The van der Waals surface area contributed by atoms with Gasteiger partial charge in [0.1, 0.15) is 5.75 Å². The van der Waals surface area contributed by atoms with Gasteiger partial charge in [0.05, 0.1) is 0 Å². The van der Waals surface area contributed by atoms with Crippen LogP contribution in [-0.4, -0.2) is 30.5 Å². The van der Waals surface area contributed by atoms with Crippen molar-refractivity contribution in [2.45, 2.75) is 31.8 Å². The Kier molecular flexibility index (Phi) is 4.47. The molecule has 0 saturated heterocycles. The molecular formula is C14H19BrN2O2. The Balaban J connectivity index is 2.01. The van der Waals surface area contributed by atoms with Gasteiger partial charge in [-0.2, -0.15) is 0 Å². The number of nitrogens with two attached hydrogens (primary N) is 1. The lowest BCUT2D eigenvalue weighted by Gasteiger charge is -2.18. The fourth-order valence-corrected chi connectivity index (χ4v) is 2.26. The van der Waals surface area contributed by atoms with Gasteiger partial charge in [0.2, 0.25) is 0 Å². The quantitative estimate of drug-likeness (QED) is 0.904. The van der Waals surface area contributed by atoms with E-state index in [1.54, 1.807) is 4.90 Å². The van der Waals surface area contributed by atoms with E-state index >= 15 is 0 Å². The van der Waals surface area contributed by atoms with Crippen molar-refractivity contribution in [1.29, 1.82) is 0 Å². The zero-order valence-electron chi connectivity index (χ0n) is 11.2. The van der Waals surface area contributed by atoms with Crippen LogP contribution in [0, 0.1) is 0 Å². The maximum absolute atomic E-state index is 11.9. The number of hydrogen-bond acceptors (Lipinski definition) is 3. The number of ether oxygens (including phenoxy) is 1. The standard InChI is InChI=1S/C14H19BrN2O2/c1-9(16)12-6-3-10(15)7-13(12)19-8-14(18)17(2)11-4-5-11/h3,6-7,9,11H,4-5,8,16H2,1-2H3/t9-/m1/s1. The van der Waals surface area contributed by atoms with Crippen molar-refractivity contribution in [1.82, 2.24) is 4.90 Å². The fraction of sp³-hybridized carbons (Fsp3) is 0.500. The van der Waals surface area contributed by atoms with Crippen LogP contribution in [0.3, 0.4) is 0 Å². The van der Waals surface area contributed by atoms with E-state index in [4.69, 9.17) is 10.5 Å². The fourth-order valence-electron chi connectivity index (χ4n) is 1.92. The highest BCUT2D eigenvalue weighted by atomic mass is 79.9. The Bertz CT molecular complexity index is 473. The largest absolute Gasteiger partial charge is 0.483 e. The summed E-state index contributed by atoms with van der Waals surface area (Å²) in [4.78, 5) is 13.7. The Morgan fingerprint density at radius 3 is 2.84 bits per heavy atom. The number of benzene rings is 1. The van der Waals surface area contributed by atoms with E-state index in [1.165, 1.54) is 0 Å². The summed E-state index contributed by atoms with van der Waals surface area (Å²) in [6.07, 6.45) is 2.20. The van der Waals surface area contributed by atoms with Crippen molar-refractivity contribution in [2.75, 3.05) is 13.7 Å². The topological polar surface area (TPSA) is 55.6 Å². The molecule has 1 aromatic rings. The normalized spacial score (nSPS) is 16.0. The summed E-state index contributed by atoms with van der Waals surface area (Å²) in [5, 5.41) is 0. The first-order chi connectivity index (χ1) is 8.99. The molecule has 2 N–H and O–H groups in total. The number of amides is 1. The molecule has 1 saturated carbocycles. The average Bonchev–Trinajstić information content (AvgIpc) is 3.18. The van der Waals surface area contributed by atoms with Gasteiger partial charge in [0.25, 0.3) is 5.91 Å². The second-order valence-corrected chi connectivity index (χ2v) is 5.91. The first-order valence-corrected chi connectivity index (χ1v) is 7.22. The van der Waals surface area contributed by atoms with Gasteiger partial charge in [-0.3, -0.25) is 4.79 Å². The average molecular weight is 327 g/mol. The zero-order chi connectivity index (χ0) is 14.0. The molecule has 0 radical (unpaired) electrons. The van der Waals surface area contributed by atoms with Crippen LogP contribution in [0.2, 0.25) is 0 Å². The Hall–Kier alpha value is -1.07. The summed E-state index contributed by atoms with van der Waals surface area (Å²) in [6, 6.07) is 5.97. The third kappa shape index (κ3) is 3.70. The highest BCUT2D eigenvalue weighted by Crippen LogP contribution is 2.28. The van der Waals surface area contributed by atoms with Gasteiger partial charge in [0, 0.05) is 29.2 Å². The Labute approximate surface area is 122 Å². The van der Waals surface area contributed by atoms with Gasteiger partial charge >= 0.3 is 0 Å². The Morgan fingerprint density at radius 1 is 1.58 bits per heavy atom. The molecular weight excluding hydrogens is 308 g/mol. The molecule has 0 bridgehead atoms. The first kappa shape index (κ1) is 14.3. The minimum atomic E-state index is -0.126. The van der Waals surface area contributed by atoms with Crippen LogP contribution >= 0.6 is 15.9 Å². The molecule has 1 aliphatic carbocycles. The van der Waals surface area contributed by atoms with Crippen molar-refractivity contribution in [3.05, 3.63) is 28.2 Å². The predicted molar refractivity (Wildman–Crippen MR) is 78.0 cm³/mol. The van der Waals surface area contributed by atoms with Crippen molar-refractivity contribution in [3.8, 4) is 5.75 Å². The summed E-state index contributed by atoms with van der Waals surface area (Å²) in [5.41, 5.74) is 6.81. The van der Waals surface area contributed by atoms with E-state index < -0.39 is 0 Å². The zero-order valence-corrected chi connectivity index (χ0v) is 12.8. The lowest BCUT2D eigenvalue weighted by Crippen LogP contribution is -2.33. The minimum Gasteiger partial charge on any atom is -0.483 e. The van der Waals surface area contributed by atoms with Gasteiger partial charge < -0.3 is 15.4 Å². The monoisotopic (exact) mass is 326 g/mol. The molecule has 4 nitrogen and oxygen atoms in total. The van der Waals surface area contributed by atoms with E-state index in [0.29, 0.717) is 11.8 Å². The molecule has 1 amide bonds. The third-order valence-corrected chi connectivity index (χ3v) is 3.80. The van der Waals surface area contributed by atoms with Gasteiger partial charge in [-0.25, -0.2) is 0 Å². The number of carbonyl (C=O) groups excluding carboxylic acids is 1. The van der Waals surface area contributed by atoms with Crippen LogP contribution in [0.1, 0.15) is 31.4 Å². The second kappa shape index (κ2) is 5.92. The predicted octanol–water partition coefficient (Wildman–Crippen LogP) is 2.47. The van der Waals surface area contributed by atoms with E-state index in [0.717, 1.165) is 22.9 Å². The van der Waals surface area contributed by atoms with Gasteiger partial charge in [0.15, 0.2) is 6.61 Å². The Morgan fingerprint density at radius 2 is 2.26 bits per heavy atom. The molecule has 1 atom stereocenters. The highest BCUT2D eigenvalue weighted by Gasteiger charge is 2.29. The molecule has 1 fully saturated rings. The van der Waals surface area contributed by atoms with Gasteiger partial charge in [-0.15, -0.1) is 0 Å². The molecule has 104 valence electrons. The molecule has 19 heavy (non-hydrogen) atoms. The summed E-state index contributed by atoms with van der Waals surface area (Å²) in [7, 11) is 1.83. The first-order valence-electron chi connectivity index (χ1n) is 6.42. The maximum atomic E-state index is 11.9. The molecule has 2 rings (SSSR count). The van der Waals surface area contributed by atoms with Crippen molar-refractivity contribution in [3.63, 3.8) is 0 Å². The number of rotatable bonds is 5. The molecule has 5 heteroatoms. The van der Waals surface area contributed by atoms with Gasteiger partial charge in [-0.1, -0.05) is 22.0 Å². The summed E-state index contributed by atoms with van der Waals surface area (Å²) in [6.45, 7) is 1.96. The van der Waals surface area contributed by atoms with Crippen LogP contribution in [0.25, 0.3) is 0 Å². The number of nitrogens with zero attached hydrogens (tertiary/aromatic N) is 1. The second-order valence-electron chi connectivity index (χ2n) is 5.00. The van der Waals surface area contributed by atoms with E-state index in [2.05, 4.69) is 15.9 Å². The van der Waals surface area contributed by atoms with E-state index in [-0.39, 0.29) is 18.6 Å². The number of carbonyl (C=O) groups is 1. The molecule has 0 unspecified atom stereocenters. The number of hydrogen-bond donors (Lipinski definition) is 1. The molecule has 0 aliphatic heterocycles. The van der Waals surface area contributed by atoms with E-state index in [1.807, 2.05) is 32.2 Å². The maximum Gasteiger partial charge on any atom is 0.260 e. The summed E-state index contributed by atoms with van der Waals surface area (Å²) >= 11 is 3.40. The SMILES string of the molecule is C[C@@H](N)c1ccc(Br)cc1OCC(=O)N(C)C1CC1. The van der Waals surface area contributed by atoms with Crippen LogP contribution in [0.5, 0.6) is 5.75 Å². The van der Waals surface area contributed by atoms with Crippen LogP contribution in [0.15, 0.2) is 22.7 Å². The van der Waals surface area contributed by atoms with Crippen molar-refractivity contribution >= 4 is 21.8 Å². The van der Waals surface area contributed by atoms with Crippen LogP contribution < -0.4 is 10.5 Å². The van der Waals surface area contributed by atoms with Crippen LogP contribution in [-0.2, 0) is 4.79 Å². The molecule has 0 aromatic heterocycles. The summed E-state index contributed by atoms with van der Waals surface area (Å²) < 4.78 is 6.55. The highest BCUT2D eigenvalue weighted by molar-refractivity contribution is 9.10. The molecule has 0 heterocycles. The number of likely N-dealkylation sites (N-methyl/N-ethyl adjacent to an activating group) is 1. The molecule has 0 spiro atoms. The van der Waals surface area contributed by atoms with Gasteiger partial charge in [-0.05, 0) is 31.9 Å². The molecule has 1 aliphatic rings.